The largest absolute Gasteiger partial charge is 0.361 e. The summed E-state index contributed by atoms with van der Waals surface area (Å²) in [6.07, 6.45) is 6.20. The van der Waals surface area contributed by atoms with Crippen molar-refractivity contribution in [3.05, 3.63) is 53.5 Å². The molecule has 3 rings (SSSR count). The topological polar surface area (TPSA) is 62.7 Å². The van der Waals surface area contributed by atoms with Gasteiger partial charge in [-0.25, -0.2) is 0 Å². The molecule has 0 aliphatic heterocycles. The Morgan fingerprint density at radius 1 is 1.41 bits per heavy atom. The van der Waals surface area contributed by atoms with E-state index in [9.17, 15) is 4.79 Å². The zero-order valence-electron chi connectivity index (χ0n) is 12.9. The number of H-pyrrole nitrogens is 1. The van der Waals surface area contributed by atoms with Crippen LogP contribution in [0.3, 0.4) is 0 Å². The lowest BCUT2D eigenvalue weighted by Gasteiger charge is -2.03. The van der Waals surface area contributed by atoms with Crippen LogP contribution in [0.4, 0.5) is 0 Å². The predicted octanol–water partition coefficient (Wildman–Crippen LogP) is 2.67. The number of fused-ring (bicyclic) bond motifs is 1. The molecule has 3 aromatic rings. The number of amides is 1. The molecule has 0 aliphatic rings. The molecule has 0 spiro atoms. The molecule has 0 unspecified atom stereocenters. The highest BCUT2D eigenvalue weighted by Gasteiger charge is 2.09. The first-order valence-electron chi connectivity index (χ1n) is 7.54. The second-order valence-electron chi connectivity index (χ2n) is 5.45. The monoisotopic (exact) mass is 296 g/mol. The third-order valence-corrected chi connectivity index (χ3v) is 3.82. The van der Waals surface area contributed by atoms with Gasteiger partial charge in [0.05, 0.1) is 11.8 Å². The van der Waals surface area contributed by atoms with Gasteiger partial charge in [0.15, 0.2) is 0 Å². The third-order valence-electron chi connectivity index (χ3n) is 3.82. The first-order valence-corrected chi connectivity index (χ1v) is 7.54. The van der Waals surface area contributed by atoms with Crippen molar-refractivity contribution in [3.63, 3.8) is 0 Å². The quantitative estimate of drug-likeness (QED) is 0.760. The van der Waals surface area contributed by atoms with Gasteiger partial charge in [-0.2, -0.15) is 5.10 Å². The van der Waals surface area contributed by atoms with Crippen LogP contribution in [0.1, 0.15) is 28.4 Å². The maximum atomic E-state index is 12.0. The zero-order valence-corrected chi connectivity index (χ0v) is 12.9. The molecule has 2 aromatic heterocycles. The van der Waals surface area contributed by atoms with Gasteiger partial charge in [-0.3, -0.25) is 9.48 Å². The van der Waals surface area contributed by atoms with Crippen LogP contribution in [0, 0.1) is 6.92 Å². The Labute approximate surface area is 129 Å². The molecule has 1 aromatic carbocycles. The number of rotatable bonds is 5. The molecule has 2 N–H and O–H groups in total. The number of carbonyl (C=O) groups is 1. The number of benzene rings is 1. The first kappa shape index (κ1) is 14.4. The number of aryl methyl sites for hydroxylation is 2. The molecule has 0 saturated heterocycles. The van der Waals surface area contributed by atoms with Crippen LogP contribution in [0.25, 0.3) is 10.9 Å². The van der Waals surface area contributed by atoms with Crippen molar-refractivity contribution in [1.29, 1.82) is 0 Å². The normalized spacial score (nSPS) is 11.0. The van der Waals surface area contributed by atoms with Gasteiger partial charge in [0.25, 0.3) is 5.91 Å². The molecule has 5 heteroatoms. The smallest absolute Gasteiger partial charge is 0.254 e. The van der Waals surface area contributed by atoms with Crippen molar-refractivity contribution < 1.29 is 4.79 Å². The van der Waals surface area contributed by atoms with Crippen LogP contribution in [0.15, 0.2) is 36.8 Å². The van der Waals surface area contributed by atoms with E-state index < -0.39 is 0 Å². The molecule has 114 valence electrons. The van der Waals surface area contributed by atoms with E-state index in [0.29, 0.717) is 12.1 Å². The summed E-state index contributed by atoms with van der Waals surface area (Å²) < 4.78 is 1.75. The average molecular weight is 296 g/mol. The van der Waals surface area contributed by atoms with Gasteiger partial charge in [0, 0.05) is 36.4 Å². The van der Waals surface area contributed by atoms with E-state index in [1.807, 2.05) is 13.1 Å². The van der Waals surface area contributed by atoms with Crippen molar-refractivity contribution in [3.8, 4) is 0 Å². The second kappa shape index (κ2) is 6.05. The van der Waals surface area contributed by atoms with Gasteiger partial charge in [-0.15, -0.1) is 0 Å². The molecule has 1 amide bonds. The number of hydrogen-bond donors (Lipinski definition) is 2. The maximum Gasteiger partial charge on any atom is 0.254 e. The fourth-order valence-electron chi connectivity index (χ4n) is 2.57. The van der Waals surface area contributed by atoms with Gasteiger partial charge in [-0.1, -0.05) is 11.6 Å². The highest BCUT2D eigenvalue weighted by molar-refractivity contribution is 5.93. The van der Waals surface area contributed by atoms with E-state index in [1.54, 1.807) is 17.1 Å². The van der Waals surface area contributed by atoms with Crippen LogP contribution < -0.4 is 5.32 Å². The fourth-order valence-corrected chi connectivity index (χ4v) is 2.57. The summed E-state index contributed by atoms with van der Waals surface area (Å²) in [4.78, 5) is 15.3. The third kappa shape index (κ3) is 2.88. The molecular formula is C17H20N4O. The Bertz CT molecular complexity index is 800. The lowest BCUT2D eigenvalue weighted by molar-refractivity contribution is 0.0954. The molecule has 2 heterocycles. The number of hydrogen-bond acceptors (Lipinski definition) is 2. The van der Waals surface area contributed by atoms with Crippen LogP contribution in [0.2, 0.25) is 0 Å². The van der Waals surface area contributed by atoms with E-state index in [-0.39, 0.29) is 5.91 Å². The lowest BCUT2D eigenvalue weighted by atomic mass is 10.1. The van der Waals surface area contributed by atoms with Crippen molar-refractivity contribution in [2.45, 2.75) is 26.8 Å². The standard InChI is InChI=1S/C17H20N4O/c1-3-21-11-14(10-20-21)17(22)18-7-6-13-9-19-16-5-4-12(2)8-15(13)16/h4-5,8-11,19H,3,6-7H2,1-2H3,(H,18,22). The molecule has 0 atom stereocenters. The summed E-state index contributed by atoms with van der Waals surface area (Å²) in [5.74, 6) is -0.0734. The summed E-state index contributed by atoms with van der Waals surface area (Å²) in [5, 5.41) is 8.29. The van der Waals surface area contributed by atoms with E-state index in [4.69, 9.17) is 0 Å². The number of aromatic nitrogens is 3. The van der Waals surface area contributed by atoms with E-state index >= 15 is 0 Å². The number of nitrogens with one attached hydrogen (secondary N) is 2. The van der Waals surface area contributed by atoms with Crippen LogP contribution in [0.5, 0.6) is 0 Å². The average Bonchev–Trinajstić information content (AvgIpc) is 3.14. The molecule has 0 radical (unpaired) electrons. The van der Waals surface area contributed by atoms with E-state index in [0.717, 1.165) is 18.5 Å². The molecular weight excluding hydrogens is 276 g/mol. The summed E-state index contributed by atoms with van der Waals surface area (Å²) in [5.41, 5.74) is 4.21. The SMILES string of the molecule is CCn1cc(C(=O)NCCc2c[nH]c3ccc(C)cc23)cn1. The summed E-state index contributed by atoms with van der Waals surface area (Å²) in [6.45, 7) is 5.45. The first-order chi connectivity index (χ1) is 10.7. The minimum atomic E-state index is -0.0734. The van der Waals surface area contributed by atoms with Crippen LogP contribution in [-0.2, 0) is 13.0 Å². The Morgan fingerprint density at radius 2 is 2.27 bits per heavy atom. The predicted molar refractivity (Wildman–Crippen MR) is 87.0 cm³/mol. The lowest BCUT2D eigenvalue weighted by Crippen LogP contribution is -2.25. The zero-order chi connectivity index (χ0) is 15.5. The minimum Gasteiger partial charge on any atom is -0.361 e. The van der Waals surface area contributed by atoms with Gasteiger partial charge < -0.3 is 10.3 Å². The summed E-state index contributed by atoms with van der Waals surface area (Å²) in [6, 6.07) is 6.36. The molecule has 22 heavy (non-hydrogen) atoms. The second-order valence-corrected chi connectivity index (χ2v) is 5.45. The molecule has 0 bridgehead atoms. The molecule has 5 nitrogen and oxygen atoms in total. The Hall–Kier alpha value is -2.56. The van der Waals surface area contributed by atoms with Crippen molar-refractivity contribution in [1.82, 2.24) is 20.1 Å². The Balaban J connectivity index is 1.62. The van der Waals surface area contributed by atoms with Crippen molar-refractivity contribution >= 4 is 16.8 Å². The van der Waals surface area contributed by atoms with Gasteiger partial charge >= 0.3 is 0 Å². The van der Waals surface area contributed by atoms with Gasteiger partial charge in [0.1, 0.15) is 0 Å². The van der Waals surface area contributed by atoms with Crippen LogP contribution >= 0.6 is 0 Å². The Morgan fingerprint density at radius 3 is 3.05 bits per heavy atom. The molecule has 0 aliphatic carbocycles. The Kier molecular flexibility index (Phi) is 3.96. The highest BCUT2D eigenvalue weighted by atomic mass is 16.1. The maximum absolute atomic E-state index is 12.0. The fraction of sp³-hybridized carbons (Fsp3) is 0.294. The molecule has 0 saturated carbocycles. The molecule has 0 fully saturated rings. The van der Waals surface area contributed by atoms with Crippen molar-refractivity contribution in [2.75, 3.05) is 6.54 Å². The minimum absolute atomic E-state index is 0.0734. The summed E-state index contributed by atoms with van der Waals surface area (Å²) in [7, 11) is 0. The van der Waals surface area contributed by atoms with E-state index in [2.05, 4.69) is 40.5 Å². The highest BCUT2D eigenvalue weighted by Crippen LogP contribution is 2.19. The van der Waals surface area contributed by atoms with E-state index in [1.165, 1.54) is 16.5 Å². The number of nitrogens with zero attached hydrogens (tertiary/aromatic N) is 2. The number of aromatic amines is 1. The summed E-state index contributed by atoms with van der Waals surface area (Å²) >= 11 is 0. The van der Waals surface area contributed by atoms with Gasteiger partial charge in [0.2, 0.25) is 0 Å². The van der Waals surface area contributed by atoms with Gasteiger partial charge in [-0.05, 0) is 38.0 Å². The van der Waals surface area contributed by atoms with Crippen molar-refractivity contribution in [2.24, 2.45) is 0 Å². The number of carbonyl (C=O) groups excluding carboxylic acids is 1. The van der Waals surface area contributed by atoms with Crippen LogP contribution in [-0.4, -0.2) is 27.2 Å².